The van der Waals surface area contributed by atoms with Crippen LogP contribution in [0.4, 0.5) is 10.1 Å². The normalized spacial score (nSPS) is 10.6. The highest BCUT2D eigenvalue weighted by molar-refractivity contribution is 6.02. The van der Waals surface area contributed by atoms with E-state index in [1.165, 1.54) is 6.20 Å². The van der Waals surface area contributed by atoms with Crippen LogP contribution in [0.2, 0.25) is 0 Å². The highest BCUT2D eigenvalue weighted by Crippen LogP contribution is 2.29. The molecule has 84 valence electrons. The zero-order chi connectivity index (χ0) is 11.7. The number of nitrogens with zero attached hydrogens (tertiary/aromatic N) is 1. The number of hydrogen-bond acceptors (Lipinski definition) is 5. The number of nitrogen functional groups attached to an aromatic ring is 1. The van der Waals surface area contributed by atoms with Crippen molar-refractivity contribution in [2.24, 2.45) is 0 Å². The fraction of sp³-hybridized carbons (Fsp3) is 0.200. The minimum Gasteiger partial charge on any atom is -0.460 e. The van der Waals surface area contributed by atoms with Crippen LogP contribution in [0.1, 0.15) is 17.5 Å². The van der Waals surface area contributed by atoms with Gasteiger partial charge < -0.3 is 14.9 Å². The number of esters is 1. The van der Waals surface area contributed by atoms with Crippen molar-refractivity contribution >= 4 is 22.6 Å². The molecule has 0 amide bonds. The lowest BCUT2D eigenvalue weighted by atomic mass is 10.2. The van der Waals surface area contributed by atoms with Crippen molar-refractivity contribution in [3.63, 3.8) is 0 Å². The third kappa shape index (κ3) is 1.48. The molecule has 0 fully saturated rings. The summed E-state index contributed by atoms with van der Waals surface area (Å²) < 4.78 is 23.0. The number of hydrogen-bond donors (Lipinski definition) is 1. The molecule has 6 heteroatoms. The summed E-state index contributed by atoms with van der Waals surface area (Å²) in [6.07, 6.45) is 2.32. The maximum atomic E-state index is 13.3. The zero-order valence-corrected chi connectivity index (χ0v) is 8.49. The number of ether oxygens (including phenoxy) is 1. The molecule has 5 nitrogen and oxygen atoms in total. The predicted molar refractivity (Wildman–Crippen MR) is 54.3 cm³/mol. The average Bonchev–Trinajstić information content (AvgIpc) is 2.59. The number of furan rings is 1. The van der Waals surface area contributed by atoms with Crippen LogP contribution in [0.25, 0.3) is 11.0 Å². The minimum atomic E-state index is -0.712. The Hall–Kier alpha value is -2.11. The molecular formula is C10H9FN2O3. The number of carbonyl (C=O) groups is 1. The highest BCUT2D eigenvalue weighted by atomic mass is 19.1. The summed E-state index contributed by atoms with van der Waals surface area (Å²) in [5.41, 5.74) is 5.59. The van der Waals surface area contributed by atoms with E-state index in [-0.39, 0.29) is 29.0 Å². The Bertz CT molecular complexity index is 550. The first-order valence-corrected chi connectivity index (χ1v) is 4.63. The van der Waals surface area contributed by atoms with Crippen molar-refractivity contribution in [3.8, 4) is 0 Å². The Balaban J connectivity index is 2.60. The Kier molecular flexibility index (Phi) is 2.47. The Morgan fingerprint density at radius 2 is 2.38 bits per heavy atom. The molecule has 0 unspecified atom stereocenters. The van der Waals surface area contributed by atoms with Crippen molar-refractivity contribution in [2.45, 2.75) is 6.92 Å². The number of nitrogens with two attached hydrogens (primary N) is 1. The van der Waals surface area contributed by atoms with Gasteiger partial charge in [-0.15, -0.1) is 0 Å². The molecular weight excluding hydrogens is 215 g/mol. The SMILES string of the molecule is CCOC(=O)c1oc2c(F)cncc2c1N. The van der Waals surface area contributed by atoms with Crippen molar-refractivity contribution in [1.29, 1.82) is 0 Å². The Morgan fingerprint density at radius 1 is 1.62 bits per heavy atom. The molecule has 2 aromatic heterocycles. The highest BCUT2D eigenvalue weighted by Gasteiger charge is 2.21. The van der Waals surface area contributed by atoms with Crippen molar-refractivity contribution in [1.82, 2.24) is 4.98 Å². The summed E-state index contributed by atoms with van der Waals surface area (Å²) in [5.74, 6) is -1.57. The van der Waals surface area contributed by atoms with Gasteiger partial charge in [-0.3, -0.25) is 4.98 Å². The van der Waals surface area contributed by atoms with Crippen LogP contribution < -0.4 is 5.73 Å². The zero-order valence-electron chi connectivity index (χ0n) is 8.49. The summed E-state index contributed by atoms with van der Waals surface area (Å²) in [7, 11) is 0. The van der Waals surface area contributed by atoms with Crippen LogP contribution in [0.5, 0.6) is 0 Å². The molecule has 2 rings (SSSR count). The van der Waals surface area contributed by atoms with E-state index in [4.69, 9.17) is 14.9 Å². The smallest absolute Gasteiger partial charge is 0.376 e. The Labute approximate surface area is 90.0 Å². The number of anilines is 1. The largest absolute Gasteiger partial charge is 0.460 e. The second-order valence-corrected chi connectivity index (χ2v) is 3.06. The first-order valence-electron chi connectivity index (χ1n) is 4.63. The second kappa shape index (κ2) is 3.80. The molecule has 2 N–H and O–H groups in total. The number of halogens is 1. The summed E-state index contributed by atoms with van der Waals surface area (Å²) in [5, 5.41) is 0.267. The van der Waals surface area contributed by atoms with Gasteiger partial charge >= 0.3 is 5.97 Å². The summed E-state index contributed by atoms with van der Waals surface area (Å²) in [6, 6.07) is 0. The van der Waals surface area contributed by atoms with Gasteiger partial charge in [0.25, 0.3) is 0 Å². The van der Waals surface area contributed by atoms with E-state index in [0.717, 1.165) is 6.20 Å². The third-order valence-corrected chi connectivity index (χ3v) is 2.05. The molecule has 0 aromatic carbocycles. The molecule has 0 spiro atoms. The number of pyridine rings is 1. The van der Waals surface area contributed by atoms with Crippen molar-refractivity contribution in [2.75, 3.05) is 12.3 Å². The monoisotopic (exact) mass is 224 g/mol. The number of fused-ring (bicyclic) bond motifs is 1. The van der Waals surface area contributed by atoms with Gasteiger partial charge in [-0.1, -0.05) is 0 Å². The van der Waals surface area contributed by atoms with Gasteiger partial charge in [0.1, 0.15) is 0 Å². The maximum Gasteiger partial charge on any atom is 0.376 e. The van der Waals surface area contributed by atoms with E-state index in [1.807, 2.05) is 0 Å². The van der Waals surface area contributed by atoms with Crippen LogP contribution in [0.15, 0.2) is 16.8 Å². The molecule has 0 bridgehead atoms. The lowest BCUT2D eigenvalue weighted by Crippen LogP contribution is -2.05. The van der Waals surface area contributed by atoms with Crippen molar-refractivity contribution < 1.29 is 18.3 Å². The van der Waals surface area contributed by atoms with E-state index in [1.54, 1.807) is 6.92 Å². The first kappa shape index (κ1) is 10.4. The molecule has 16 heavy (non-hydrogen) atoms. The summed E-state index contributed by atoms with van der Waals surface area (Å²) >= 11 is 0. The van der Waals surface area contributed by atoms with E-state index < -0.39 is 11.8 Å². The molecule has 0 saturated heterocycles. The number of aromatic nitrogens is 1. The lowest BCUT2D eigenvalue weighted by Gasteiger charge is -1.97. The predicted octanol–water partition coefficient (Wildman–Crippen LogP) is 1.73. The fourth-order valence-electron chi connectivity index (χ4n) is 1.35. The van der Waals surface area contributed by atoms with E-state index in [9.17, 15) is 9.18 Å². The molecule has 0 saturated carbocycles. The lowest BCUT2D eigenvalue weighted by molar-refractivity contribution is 0.0494. The summed E-state index contributed by atoms with van der Waals surface area (Å²) in [6.45, 7) is 1.84. The van der Waals surface area contributed by atoms with Crippen LogP contribution in [0, 0.1) is 5.82 Å². The van der Waals surface area contributed by atoms with Crippen molar-refractivity contribution in [3.05, 3.63) is 24.0 Å². The van der Waals surface area contributed by atoms with Crippen LogP contribution >= 0.6 is 0 Å². The molecule has 0 aliphatic heterocycles. The molecule has 0 aliphatic carbocycles. The van der Waals surface area contributed by atoms with Gasteiger partial charge in [-0.2, -0.15) is 0 Å². The van der Waals surface area contributed by atoms with Crippen LogP contribution in [-0.2, 0) is 4.74 Å². The molecule has 0 aliphatic rings. The van der Waals surface area contributed by atoms with E-state index in [0.29, 0.717) is 0 Å². The van der Waals surface area contributed by atoms with Gasteiger partial charge in [0.2, 0.25) is 5.76 Å². The number of rotatable bonds is 2. The molecule has 2 aromatic rings. The van der Waals surface area contributed by atoms with E-state index >= 15 is 0 Å². The molecule has 2 heterocycles. The maximum absolute atomic E-state index is 13.3. The van der Waals surface area contributed by atoms with Gasteiger partial charge in [-0.05, 0) is 6.92 Å². The molecule has 0 radical (unpaired) electrons. The minimum absolute atomic E-state index is 0.0421. The standard InChI is InChI=1S/C10H9FN2O3/c1-2-15-10(14)9-7(12)5-3-13-4-6(11)8(5)16-9/h3-4H,2,12H2,1H3. The topological polar surface area (TPSA) is 78.3 Å². The second-order valence-electron chi connectivity index (χ2n) is 3.06. The Morgan fingerprint density at radius 3 is 3.00 bits per heavy atom. The third-order valence-electron chi connectivity index (χ3n) is 2.05. The van der Waals surface area contributed by atoms with Gasteiger partial charge in [0.05, 0.1) is 23.9 Å². The van der Waals surface area contributed by atoms with Crippen LogP contribution in [0.3, 0.4) is 0 Å². The quantitative estimate of drug-likeness (QED) is 0.786. The van der Waals surface area contributed by atoms with Gasteiger partial charge in [-0.25, -0.2) is 9.18 Å². The van der Waals surface area contributed by atoms with E-state index in [2.05, 4.69) is 4.98 Å². The van der Waals surface area contributed by atoms with Crippen LogP contribution in [-0.4, -0.2) is 17.6 Å². The van der Waals surface area contributed by atoms with Gasteiger partial charge in [0, 0.05) is 6.20 Å². The number of carbonyl (C=O) groups excluding carboxylic acids is 1. The fourth-order valence-corrected chi connectivity index (χ4v) is 1.35. The summed E-state index contributed by atoms with van der Waals surface area (Å²) in [4.78, 5) is 15.0. The van der Waals surface area contributed by atoms with Gasteiger partial charge in [0.15, 0.2) is 11.4 Å². The molecule has 0 atom stereocenters. The average molecular weight is 224 g/mol. The first-order chi connectivity index (χ1) is 7.65.